The average molecular weight is 182 g/mol. The number of imidazole rings is 1. The van der Waals surface area contributed by atoms with E-state index in [0.717, 1.165) is 18.2 Å². The highest BCUT2D eigenvalue weighted by atomic mass is 15.2. The first-order valence-corrected chi connectivity index (χ1v) is 4.54. The predicted molar refractivity (Wildman–Crippen MR) is 55.8 cm³/mol. The highest BCUT2D eigenvalue weighted by molar-refractivity contribution is 5.58. The topological polar surface area (TPSA) is 57.9 Å². The van der Waals surface area contributed by atoms with E-state index in [2.05, 4.69) is 28.7 Å². The lowest BCUT2D eigenvalue weighted by Crippen LogP contribution is -2.23. The van der Waals surface area contributed by atoms with Gasteiger partial charge >= 0.3 is 0 Å². The number of anilines is 2. The van der Waals surface area contributed by atoms with E-state index in [-0.39, 0.29) is 0 Å². The second-order valence-corrected chi connectivity index (χ2v) is 3.83. The number of nitrogens with one attached hydrogen (secondary N) is 1. The van der Waals surface area contributed by atoms with Crippen molar-refractivity contribution in [3.05, 3.63) is 5.82 Å². The van der Waals surface area contributed by atoms with Gasteiger partial charge in [-0.05, 0) is 12.8 Å². The highest BCUT2D eigenvalue weighted by Crippen LogP contribution is 2.18. The maximum Gasteiger partial charge on any atom is 0.171 e. The van der Waals surface area contributed by atoms with E-state index in [9.17, 15) is 0 Å². The van der Waals surface area contributed by atoms with Crippen LogP contribution in [0, 0.1) is 12.8 Å². The molecule has 0 aromatic carbocycles. The Labute approximate surface area is 79.1 Å². The van der Waals surface area contributed by atoms with Gasteiger partial charge in [0.25, 0.3) is 0 Å². The molecule has 4 heteroatoms. The van der Waals surface area contributed by atoms with Gasteiger partial charge in [-0.15, -0.1) is 0 Å². The van der Waals surface area contributed by atoms with Crippen molar-refractivity contribution in [2.24, 2.45) is 5.92 Å². The Morgan fingerprint density at radius 2 is 2.15 bits per heavy atom. The molecule has 0 bridgehead atoms. The molecular weight excluding hydrogens is 164 g/mol. The van der Waals surface area contributed by atoms with Crippen LogP contribution in [0.15, 0.2) is 0 Å². The minimum Gasteiger partial charge on any atom is -0.382 e. The van der Waals surface area contributed by atoms with Crippen molar-refractivity contribution >= 4 is 11.6 Å². The van der Waals surface area contributed by atoms with Crippen LogP contribution in [-0.2, 0) is 0 Å². The monoisotopic (exact) mass is 182 g/mol. The fourth-order valence-corrected chi connectivity index (χ4v) is 1.42. The summed E-state index contributed by atoms with van der Waals surface area (Å²) in [7, 11) is 2.01. The van der Waals surface area contributed by atoms with Gasteiger partial charge in [-0.1, -0.05) is 13.8 Å². The molecule has 0 aliphatic rings. The summed E-state index contributed by atoms with van der Waals surface area (Å²) in [5.74, 6) is 2.98. The van der Waals surface area contributed by atoms with E-state index in [1.54, 1.807) is 0 Å². The van der Waals surface area contributed by atoms with E-state index in [0.29, 0.717) is 11.7 Å². The van der Waals surface area contributed by atoms with Crippen molar-refractivity contribution in [3.8, 4) is 0 Å². The number of rotatable bonds is 3. The van der Waals surface area contributed by atoms with Crippen LogP contribution in [0.2, 0.25) is 0 Å². The second kappa shape index (κ2) is 3.68. The molecule has 4 nitrogen and oxygen atoms in total. The standard InChI is InChI=1S/C9H18N4/c1-6(2)5-13(4)9-8(10)11-7(3)12-9/h6H,5,10H2,1-4H3,(H,11,12). The zero-order chi connectivity index (χ0) is 10.0. The summed E-state index contributed by atoms with van der Waals surface area (Å²) >= 11 is 0. The third kappa shape index (κ3) is 2.37. The molecule has 0 saturated heterocycles. The van der Waals surface area contributed by atoms with Crippen LogP contribution >= 0.6 is 0 Å². The molecule has 1 aromatic heterocycles. The van der Waals surface area contributed by atoms with Gasteiger partial charge in [0.2, 0.25) is 0 Å². The van der Waals surface area contributed by atoms with Gasteiger partial charge in [0, 0.05) is 13.6 Å². The van der Waals surface area contributed by atoms with Crippen LogP contribution in [0.1, 0.15) is 19.7 Å². The van der Waals surface area contributed by atoms with Crippen molar-refractivity contribution in [2.75, 3.05) is 24.2 Å². The molecule has 74 valence electrons. The lowest BCUT2D eigenvalue weighted by Gasteiger charge is -2.19. The highest BCUT2D eigenvalue weighted by Gasteiger charge is 2.10. The largest absolute Gasteiger partial charge is 0.382 e. The van der Waals surface area contributed by atoms with Crippen LogP contribution < -0.4 is 10.6 Å². The lowest BCUT2D eigenvalue weighted by molar-refractivity contribution is 0.635. The molecule has 3 N–H and O–H groups in total. The van der Waals surface area contributed by atoms with Gasteiger partial charge in [0.1, 0.15) is 11.6 Å². The summed E-state index contributed by atoms with van der Waals surface area (Å²) in [4.78, 5) is 9.37. The molecular formula is C9H18N4. The zero-order valence-electron chi connectivity index (χ0n) is 8.76. The molecule has 0 radical (unpaired) electrons. The Morgan fingerprint density at radius 1 is 1.54 bits per heavy atom. The number of aromatic nitrogens is 2. The summed E-state index contributed by atoms with van der Waals surface area (Å²) in [6.45, 7) is 7.22. The Hall–Kier alpha value is -1.19. The number of aromatic amines is 1. The summed E-state index contributed by atoms with van der Waals surface area (Å²) in [6, 6.07) is 0. The average Bonchev–Trinajstić information content (AvgIpc) is 2.28. The Morgan fingerprint density at radius 3 is 2.54 bits per heavy atom. The minimum absolute atomic E-state index is 0.612. The molecule has 0 aliphatic carbocycles. The van der Waals surface area contributed by atoms with Crippen LogP contribution in [0.5, 0.6) is 0 Å². The van der Waals surface area contributed by atoms with Crippen molar-refractivity contribution in [3.63, 3.8) is 0 Å². The molecule has 1 heterocycles. The van der Waals surface area contributed by atoms with E-state index >= 15 is 0 Å². The minimum atomic E-state index is 0.612. The number of nitrogens with two attached hydrogens (primary N) is 1. The SMILES string of the molecule is Cc1nc(N(C)CC(C)C)c(N)[nH]1. The molecule has 0 fully saturated rings. The van der Waals surface area contributed by atoms with E-state index < -0.39 is 0 Å². The lowest BCUT2D eigenvalue weighted by atomic mass is 10.2. The van der Waals surface area contributed by atoms with E-state index in [1.807, 2.05) is 14.0 Å². The summed E-state index contributed by atoms with van der Waals surface area (Å²) < 4.78 is 0. The fourth-order valence-electron chi connectivity index (χ4n) is 1.42. The van der Waals surface area contributed by atoms with Crippen LogP contribution in [0.25, 0.3) is 0 Å². The fraction of sp³-hybridized carbons (Fsp3) is 0.667. The van der Waals surface area contributed by atoms with Crippen molar-refractivity contribution in [2.45, 2.75) is 20.8 Å². The number of hydrogen-bond acceptors (Lipinski definition) is 3. The summed E-state index contributed by atoms with van der Waals surface area (Å²) in [6.07, 6.45) is 0. The number of nitrogens with zero attached hydrogens (tertiary/aromatic N) is 2. The number of H-pyrrole nitrogens is 1. The quantitative estimate of drug-likeness (QED) is 0.742. The van der Waals surface area contributed by atoms with Gasteiger partial charge in [0.15, 0.2) is 5.82 Å². The van der Waals surface area contributed by atoms with Gasteiger partial charge in [-0.3, -0.25) is 0 Å². The molecule has 0 amide bonds. The van der Waals surface area contributed by atoms with Crippen LogP contribution in [0.3, 0.4) is 0 Å². The van der Waals surface area contributed by atoms with Crippen molar-refractivity contribution in [1.82, 2.24) is 9.97 Å². The predicted octanol–water partition coefficient (Wildman–Crippen LogP) is 1.39. The normalized spacial score (nSPS) is 10.8. The molecule has 13 heavy (non-hydrogen) atoms. The molecule has 0 aliphatic heterocycles. The summed E-state index contributed by atoms with van der Waals surface area (Å²) in [5, 5.41) is 0. The molecule has 0 spiro atoms. The smallest absolute Gasteiger partial charge is 0.171 e. The first-order valence-electron chi connectivity index (χ1n) is 4.54. The first kappa shape index (κ1) is 9.89. The Balaban J connectivity index is 2.76. The Bertz CT molecular complexity index is 277. The number of nitrogen functional groups attached to an aromatic ring is 1. The van der Waals surface area contributed by atoms with Gasteiger partial charge in [-0.2, -0.15) is 0 Å². The zero-order valence-corrected chi connectivity index (χ0v) is 8.76. The van der Waals surface area contributed by atoms with E-state index in [4.69, 9.17) is 5.73 Å². The third-order valence-corrected chi connectivity index (χ3v) is 1.83. The first-order chi connectivity index (χ1) is 6.00. The van der Waals surface area contributed by atoms with Crippen LogP contribution in [-0.4, -0.2) is 23.6 Å². The Kier molecular flexibility index (Phi) is 2.80. The maximum atomic E-state index is 5.76. The van der Waals surface area contributed by atoms with Crippen molar-refractivity contribution < 1.29 is 0 Å². The molecule has 0 unspecified atom stereocenters. The molecule has 1 aromatic rings. The van der Waals surface area contributed by atoms with Gasteiger partial charge < -0.3 is 15.6 Å². The molecule has 0 saturated carbocycles. The second-order valence-electron chi connectivity index (χ2n) is 3.83. The summed E-state index contributed by atoms with van der Waals surface area (Å²) in [5.41, 5.74) is 5.76. The maximum absolute atomic E-state index is 5.76. The van der Waals surface area contributed by atoms with Crippen molar-refractivity contribution in [1.29, 1.82) is 0 Å². The van der Waals surface area contributed by atoms with Crippen LogP contribution in [0.4, 0.5) is 11.6 Å². The third-order valence-electron chi connectivity index (χ3n) is 1.83. The van der Waals surface area contributed by atoms with Gasteiger partial charge in [0.05, 0.1) is 0 Å². The number of aryl methyl sites for hydroxylation is 1. The molecule has 0 atom stereocenters. The molecule has 1 rings (SSSR count). The number of hydrogen-bond donors (Lipinski definition) is 2. The van der Waals surface area contributed by atoms with Gasteiger partial charge in [-0.25, -0.2) is 4.98 Å². The van der Waals surface area contributed by atoms with E-state index in [1.165, 1.54) is 0 Å².